The Hall–Kier alpha value is -6.10. The molecule has 6 aromatic carbocycles. The molecule has 0 radical (unpaired) electrons. The number of carbonyl (C=O) groups is 6. The normalized spacial score (nSPS) is 11.8. The summed E-state index contributed by atoms with van der Waals surface area (Å²) in [7, 11) is 0. The monoisotopic (exact) mass is 993 g/mol. The smallest absolute Gasteiger partial charge is 0.245 e. The molecular weight excluding hydrogens is 940 g/mol. The minimum absolute atomic E-state index is 0.0169. The maximum atomic E-state index is 12.7. The van der Waals surface area contributed by atoms with Gasteiger partial charge >= 0.3 is 0 Å². The number of ketones is 3. The molecule has 0 heterocycles. The van der Waals surface area contributed by atoms with Gasteiger partial charge in [0.15, 0.2) is 17.3 Å². The lowest BCUT2D eigenvalue weighted by molar-refractivity contribution is -0.118. The standard InChI is InChI=1S/C19H20ClNO2.C18H17Cl2NO2.C18H18ClNO2/c1-3-15-9-7-8-12-17(15)18(22)13-21(19(23)14(2)20)16-10-5-4-6-11-16;1-12-10-14(20)8-9-16(12)17(22)11-21(18(23)13(2)19)15-6-4-3-5-7-15;1-13-8-6-7-11-16(13)17(21)12-20(18(22)14(2)19)15-9-4-3-5-10-15/h4-12,14H,3,13H2,1-2H3;3-10,13H,11H2,1-2H3;3-11,14H,12H2,1-2H3. The minimum Gasteiger partial charge on any atom is -0.303 e. The lowest BCUT2D eigenvalue weighted by Gasteiger charge is -2.23. The number of para-hydroxylation sites is 3. The van der Waals surface area contributed by atoms with Gasteiger partial charge in [-0.25, -0.2) is 0 Å². The fraction of sp³-hybridized carbons (Fsp3) is 0.236. The Labute approximate surface area is 419 Å². The van der Waals surface area contributed by atoms with Gasteiger partial charge in [0.1, 0.15) is 16.1 Å². The number of aryl methyl sites for hydroxylation is 3. The number of carbonyl (C=O) groups excluding carboxylic acids is 6. The van der Waals surface area contributed by atoms with Crippen LogP contribution in [0.5, 0.6) is 0 Å². The second-order valence-corrected chi connectivity index (χ2v) is 18.1. The molecule has 0 aliphatic carbocycles. The van der Waals surface area contributed by atoms with Crippen LogP contribution in [0.3, 0.4) is 0 Å². The molecule has 0 spiro atoms. The van der Waals surface area contributed by atoms with Gasteiger partial charge in [-0.05, 0) is 112 Å². The zero-order valence-electron chi connectivity index (χ0n) is 38.9. The summed E-state index contributed by atoms with van der Waals surface area (Å²) < 4.78 is 0. The maximum Gasteiger partial charge on any atom is 0.245 e. The van der Waals surface area contributed by atoms with Crippen molar-refractivity contribution >= 4 is 98.5 Å². The molecule has 0 aliphatic heterocycles. The highest BCUT2D eigenvalue weighted by Gasteiger charge is 2.26. The number of hydrogen-bond donors (Lipinski definition) is 0. The van der Waals surface area contributed by atoms with Crippen molar-refractivity contribution in [1.82, 2.24) is 0 Å². The summed E-state index contributed by atoms with van der Waals surface area (Å²) in [4.78, 5) is 79.3. The van der Waals surface area contributed by atoms with Crippen LogP contribution in [0, 0.1) is 13.8 Å². The molecule has 0 bridgehead atoms. The Bertz CT molecular complexity index is 2640. The Morgan fingerprint density at radius 1 is 0.426 bits per heavy atom. The first-order valence-electron chi connectivity index (χ1n) is 22.0. The number of hydrogen-bond acceptors (Lipinski definition) is 6. The Kier molecular flexibility index (Phi) is 21.7. The van der Waals surface area contributed by atoms with Crippen LogP contribution in [0.1, 0.15) is 75.5 Å². The van der Waals surface area contributed by atoms with Gasteiger partial charge in [0.05, 0.1) is 19.6 Å². The Balaban J connectivity index is 0.000000222. The number of Topliss-reactive ketones (excluding diaryl/α,β-unsaturated/α-hetero) is 3. The maximum absolute atomic E-state index is 12.7. The van der Waals surface area contributed by atoms with Crippen LogP contribution in [0.15, 0.2) is 158 Å². The number of nitrogens with zero attached hydrogens (tertiary/aromatic N) is 3. The van der Waals surface area contributed by atoms with Crippen LogP contribution < -0.4 is 14.7 Å². The average Bonchev–Trinajstić information content (AvgIpc) is 3.34. The van der Waals surface area contributed by atoms with Gasteiger partial charge in [-0.1, -0.05) is 122 Å². The molecule has 0 fully saturated rings. The van der Waals surface area contributed by atoms with E-state index in [9.17, 15) is 28.8 Å². The van der Waals surface area contributed by atoms with Gasteiger partial charge in [0.2, 0.25) is 17.7 Å². The predicted molar refractivity (Wildman–Crippen MR) is 279 cm³/mol. The highest BCUT2D eigenvalue weighted by Crippen LogP contribution is 2.22. The number of amides is 3. The Morgan fingerprint density at radius 3 is 1.10 bits per heavy atom. The summed E-state index contributed by atoms with van der Waals surface area (Å²) in [5.74, 6) is -1.22. The fourth-order valence-corrected chi connectivity index (χ4v) is 7.55. The van der Waals surface area contributed by atoms with E-state index in [1.807, 2.05) is 112 Å². The Morgan fingerprint density at radius 2 is 0.750 bits per heavy atom. The minimum atomic E-state index is -0.714. The molecule has 3 atom stereocenters. The highest BCUT2D eigenvalue weighted by atomic mass is 35.5. The van der Waals surface area contributed by atoms with Crippen LogP contribution in [0.4, 0.5) is 17.1 Å². The van der Waals surface area contributed by atoms with Gasteiger partial charge in [-0.2, -0.15) is 0 Å². The van der Waals surface area contributed by atoms with E-state index in [0.29, 0.717) is 38.8 Å². The third-order valence-corrected chi connectivity index (χ3v) is 11.4. The van der Waals surface area contributed by atoms with Crippen LogP contribution in [0.25, 0.3) is 0 Å². The third-order valence-electron chi connectivity index (χ3n) is 10.6. The molecule has 9 nitrogen and oxygen atoms in total. The van der Waals surface area contributed by atoms with Crippen molar-refractivity contribution in [2.24, 2.45) is 0 Å². The van der Waals surface area contributed by atoms with E-state index in [1.54, 1.807) is 87.5 Å². The average molecular weight is 996 g/mol. The van der Waals surface area contributed by atoms with E-state index in [4.69, 9.17) is 46.4 Å². The van der Waals surface area contributed by atoms with Crippen molar-refractivity contribution in [1.29, 1.82) is 0 Å². The van der Waals surface area contributed by atoms with Crippen molar-refractivity contribution in [3.05, 3.63) is 196 Å². The number of rotatable bonds is 16. The number of benzene rings is 6. The summed E-state index contributed by atoms with van der Waals surface area (Å²) in [5.41, 5.74) is 6.47. The second kappa shape index (κ2) is 27.0. The van der Waals surface area contributed by atoms with Gasteiger partial charge in [0, 0.05) is 38.8 Å². The first kappa shape index (κ1) is 54.5. The van der Waals surface area contributed by atoms with E-state index < -0.39 is 16.1 Å². The molecule has 0 aromatic heterocycles. The summed E-state index contributed by atoms with van der Waals surface area (Å²) in [6.07, 6.45) is 0.771. The van der Waals surface area contributed by atoms with E-state index in [1.165, 1.54) is 14.7 Å². The topological polar surface area (TPSA) is 112 Å². The third kappa shape index (κ3) is 15.7. The van der Waals surface area contributed by atoms with Crippen LogP contribution >= 0.6 is 46.4 Å². The molecule has 0 saturated carbocycles. The first-order valence-corrected chi connectivity index (χ1v) is 23.6. The van der Waals surface area contributed by atoms with Crippen molar-refractivity contribution in [2.75, 3.05) is 34.3 Å². The molecule has 354 valence electrons. The first-order chi connectivity index (χ1) is 32.4. The van der Waals surface area contributed by atoms with Crippen molar-refractivity contribution in [2.45, 2.75) is 64.1 Å². The quantitative estimate of drug-likeness (QED) is 0.0705. The van der Waals surface area contributed by atoms with Gasteiger partial charge in [-0.3, -0.25) is 28.8 Å². The predicted octanol–water partition coefficient (Wildman–Crippen LogP) is 12.4. The molecule has 6 rings (SSSR count). The molecule has 0 N–H and O–H groups in total. The summed E-state index contributed by atoms with van der Waals surface area (Å²) in [5, 5.41) is -1.52. The summed E-state index contributed by atoms with van der Waals surface area (Å²) in [6, 6.07) is 47.2. The molecular formula is C55H55Cl4N3O6. The van der Waals surface area contributed by atoms with E-state index in [2.05, 4.69) is 0 Å². The van der Waals surface area contributed by atoms with Crippen molar-refractivity contribution in [3.8, 4) is 0 Å². The van der Waals surface area contributed by atoms with Gasteiger partial charge in [0.25, 0.3) is 0 Å². The van der Waals surface area contributed by atoms with Gasteiger partial charge < -0.3 is 14.7 Å². The SMILES string of the molecule is CCc1ccccc1C(=O)CN(C(=O)C(C)Cl)c1ccccc1.Cc1cc(Cl)ccc1C(=O)CN(C(=O)C(C)Cl)c1ccccc1.Cc1ccccc1C(=O)CN(C(=O)C(C)Cl)c1ccccc1. The summed E-state index contributed by atoms with van der Waals surface area (Å²) >= 11 is 23.7. The van der Waals surface area contributed by atoms with Crippen LogP contribution in [0.2, 0.25) is 5.02 Å². The second-order valence-electron chi connectivity index (χ2n) is 15.7. The van der Waals surface area contributed by atoms with Crippen LogP contribution in [-0.2, 0) is 20.8 Å². The summed E-state index contributed by atoms with van der Waals surface area (Å²) in [6.45, 7) is 10.4. The molecule has 68 heavy (non-hydrogen) atoms. The highest BCUT2D eigenvalue weighted by molar-refractivity contribution is 6.34. The van der Waals surface area contributed by atoms with Crippen LogP contribution in [-0.4, -0.2) is 70.8 Å². The largest absolute Gasteiger partial charge is 0.303 e. The lowest BCUT2D eigenvalue weighted by Crippen LogP contribution is -2.39. The number of halogens is 4. The lowest BCUT2D eigenvalue weighted by atomic mass is 10.0. The number of alkyl halides is 3. The zero-order valence-corrected chi connectivity index (χ0v) is 41.9. The van der Waals surface area contributed by atoms with E-state index in [0.717, 1.165) is 23.1 Å². The molecule has 13 heteroatoms. The fourth-order valence-electron chi connectivity index (χ4n) is 6.97. The van der Waals surface area contributed by atoms with E-state index in [-0.39, 0.29) is 54.7 Å². The molecule has 3 unspecified atom stereocenters. The number of anilines is 3. The van der Waals surface area contributed by atoms with Crippen molar-refractivity contribution in [3.63, 3.8) is 0 Å². The van der Waals surface area contributed by atoms with Gasteiger partial charge in [-0.15, -0.1) is 34.8 Å². The van der Waals surface area contributed by atoms with E-state index >= 15 is 0 Å². The molecule has 0 saturated heterocycles. The van der Waals surface area contributed by atoms with Crippen molar-refractivity contribution < 1.29 is 28.8 Å². The molecule has 0 aliphatic rings. The molecule has 6 aromatic rings. The molecule has 3 amide bonds. The zero-order chi connectivity index (χ0) is 49.9.